The minimum absolute atomic E-state index is 0.0370. The molecule has 2 bridgehead atoms. The summed E-state index contributed by atoms with van der Waals surface area (Å²) in [4.78, 5) is 28.7. The Labute approximate surface area is 152 Å². The predicted molar refractivity (Wildman–Crippen MR) is 93.7 cm³/mol. The first-order valence-corrected chi connectivity index (χ1v) is 9.51. The Hall–Kier alpha value is -1.95. The van der Waals surface area contributed by atoms with Crippen molar-refractivity contribution in [1.82, 2.24) is 9.80 Å². The highest BCUT2D eigenvalue weighted by atomic mass is 19.1. The highest BCUT2D eigenvalue weighted by molar-refractivity contribution is 5.86. The lowest BCUT2D eigenvalue weighted by Crippen LogP contribution is -2.52. The number of fused-ring (bicyclic) bond motifs is 2. The monoisotopic (exact) mass is 360 g/mol. The Bertz CT molecular complexity index is 702. The van der Waals surface area contributed by atoms with Crippen LogP contribution in [0.1, 0.15) is 24.8 Å². The van der Waals surface area contributed by atoms with Crippen LogP contribution in [0.4, 0.5) is 4.39 Å². The summed E-state index contributed by atoms with van der Waals surface area (Å²) in [5, 5.41) is 9.57. The number of benzene rings is 1. The maximum atomic E-state index is 13.3. The first kappa shape index (κ1) is 17.5. The number of aliphatic carboxylic acids is 1. The van der Waals surface area contributed by atoms with Crippen molar-refractivity contribution in [3.05, 3.63) is 35.6 Å². The average Bonchev–Trinajstić information content (AvgIpc) is 3.23. The van der Waals surface area contributed by atoms with Crippen LogP contribution in [0, 0.1) is 29.5 Å². The normalized spacial score (nSPS) is 31.3. The molecule has 4 rings (SSSR count). The molecule has 0 spiro atoms. The Morgan fingerprint density at radius 1 is 1.08 bits per heavy atom. The average molecular weight is 360 g/mol. The van der Waals surface area contributed by atoms with Gasteiger partial charge in [0.25, 0.3) is 0 Å². The van der Waals surface area contributed by atoms with Gasteiger partial charge in [0, 0.05) is 32.7 Å². The van der Waals surface area contributed by atoms with E-state index in [1.165, 1.54) is 6.07 Å². The molecule has 140 valence electrons. The molecule has 26 heavy (non-hydrogen) atoms. The molecule has 1 heterocycles. The van der Waals surface area contributed by atoms with E-state index in [1.807, 2.05) is 11.0 Å². The number of piperazine rings is 1. The second-order valence-corrected chi connectivity index (χ2v) is 7.95. The molecule has 1 saturated heterocycles. The van der Waals surface area contributed by atoms with E-state index < -0.39 is 11.9 Å². The smallest absolute Gasteiger partial charge is 0.307 e. The van der Waals surface area contributed by atoms with E-state index in [-0.39, 0.29) is 29.5 Å². The third-order valence-electron chi connectivity index (χ3n) is 6.47. The predicted octanol–water partition coefficient (Wildman–Crippen LogP) is 2.22. The largest absolute Gasteiger partial charge is 0.481 e. The summed E-state index contributed by atoms with van der Waals surface area (Å²) < 4.78 is 13.3. The Morgan fingerprint density at radius 2 is 1.77 bits per heavy atom. The van der Waals surface area contributed by atoms with Crippen LogP contribution < -0.4 is 0 Å². The van der Waals surface area contributed by atoms with Crippen LogP contribution in [0.2, 0.25) is 0 Å². The van der Waals surface area contributed by atoms with Crippen molar-refractivity contribution in [2.24, 2.45) is 23.7 Å². The van der Waals surface area contributed by atoms with E-state index in [4.69, 9.17) is 0 Å². The number of hydrogen-bond acceptors (Lipinski definition) is 3. The number of amides is 1. The Kier molecular flexibility index (Phi) is 4.69. The molecule has 0 radical (unpaired) electrons. The first-order chi connectivity index (χ1) is 12.5. The minimum Gasteiger partial charge on any atom is -0.481 e. The van der Waals surface area contributed by atoms with E-state index >= 15 is 0 Å². The first-order valence-electron chi connectivity index (χ1n) is 9.51. The van der Waals surface area contributed by atoms with Crippen LogP contribution in [-0.4, -0.2) is 53.0 Å². The van der Waals surface area contributed by atoms with Gasteiger partial charge >= 0.3 is 5.97 Å². The molecule has 4 atom stereocenters. The van der Waals surface area contributed by atoms with Gasteiger partial charge in [0.2, 0.25) is 5.91 Å². The van der Waals surface area contributed by atoms with Crippen LogP contribution in [-0.2, 0) is 16.1 Å². The number of halogens is 1. The van der Waals surface area contributed by atoms with Crippen molar-refractivity contribution < 1.29 is 19.1 Å². The van der Waals surface area contributed by atoms with Gasteiger partial charge in [0.05, 0.1) is 11.8 Å². The summed E-state index contributed by atoms with van der Waals surface area (Å²) in [5.41, 5.74) is 0.934. The number of hydrogen-bond donors (Lipinski definition) is 1. The van der Waals surface area contributed by atoms with E-state index in [0.29, 0.717) is 19.6 Å². The van der Waals surface area contributed by atoms with Crippen molar-refractivity contribution in [2.75, 3.05) is 26.2 Å². The second-order valence-electron chi connectivity index (χ2n) is 7.95. The molecule has 2 saturated carbocycles. The summed E-state index contributed by atoms with van der Waals surface area (Å²) in [7, 11) is 0. The highest BCUT2D eigenvalue weighted by Crippen LogP contribution is 2.53. The number of rotatable bonds is 4. The standard InChI is InChI=1S/C20H25FN2O3/c21-16-3-1-2-13(10-16)12-22-6-8-23(9-7-22)19(24)17-14-4-5-15(11-14)18(17)20(25)26/h1-3,10,14-15,17-18H,4-9,11-12H2,(H,25,26)/t14-,15-,17+,18-/m0/s1. The van der Waals surface area contributed by atoms with Gasteiger partial charge in [-0.15, -0.1) is 0 Å². The maximum absolute atomic E-state index is 13.3. The van der Waals surface area contributed by atoms with Gasteiger partial charge in [-0.1, -0.05) is 12.1 Å². The maximum Gasteiger partial charge on any atom is 0.307 e. The molecule has 1 amide bonds. The van der Waals surface area contributed by atoms with Crippen molar-refractivity contribution in [1.29, 1.82) is 0 Å². The fourth-order valence-corrected chi connectivity index (χ4v) is 5.23. The lowest BCUT2D eigenvalue weighted by Gasteiger charge is -2.38. The lowest BCUT2D eigenvalue weighted by molar-refractivity contribution is -0.153. The Morgan fingerprint density at radius 3 is 2.42 bits per heavy atom. The molecular weight excluding hydrogens is 335 g/mol. The van der Waals surface area contributed by atoms with Crippen molar-refractivity contribution in [3.63, 3.8) is 0 Å². The molecule has 3 fully saturated rings. The van der Waals surface area contributed by atoms with Gasteiger partial charge in [-0.05, 0) is 48.8 Å². The summed E-state index contributed by atoms with van der Waals surface area (Å²) in [6, 6.07) is 6.61. The number of nitrogens with zero attached hydrogens (tertiary/aromatic N) is 2. The van der Waals surface area contributed by atoms with Gasteiger partial charge in [-0.25, -0.2) is 4.39 Å². The summed E-state index contributed by atoms with van der Waals surface area (Å²) in [6.07, 6.45) is 2.84. The number of carbonyl (C=O) groups excluding carboxylic acids is 1. The fraction of sp³-hybridized carbons (Fsp3) is 0.600. The van der Waals surface area contributed by atoms with E-state index in [1.54, 1.807) is 12.1 Å². The zero-order valence-corrected chi connectivity index (χ0v) is 14.8. The fourth-order valence-electron chi connectivity index (χ4n) is 5.23. The molecular formula is C20H25FN2O3. The van der Waals surface area contributed by atoms with Gasteiger partial charge in [-0.3, -0.25) is 14.5 Å². The molecule has 1 aromatic carbocycles. The number of carboxylic acid groups (broad SMARTS) is 1. The molecule has 1 N–H and O–H groups in total. The van der Waals surface area contributed by atoms with Crippen molar-refractivity contribution in [3.8, 4) is 0 Å². The van der Waals surface area contributed by atoms with Gasteiger partial charge in [0.15, 0.2) is 0 Å². The second kappa shape index (κ2) is 6.99. The van der Waals surface area contributed by atoms with E-state index in [0.717, 1.165) is 37.9 Å². The van der Waals surface area contributed by atoms with Gasteiger partial charge in [-0.2, -0.15) is 0 Å². The van der Waals surface area contributed by atoms with Crippen molar-refractivity contribution >= 4 is 11.9 Å². The molecule has 1 aromatic rings. The molecule has 1 aliphatic heterocycles. The van der Waals surface area contributed by atoms with E-state index in [2.05, 4.69) is 4.90 Å². The third-order valence-corrected chi connectivity index (χ3v) is 6.47. The minimum atomic E-state index is -0.805. The molecule has 2 aliphatic carbocycles. The number of carbonyl (C=O) groups is 2. The SMILES string of the molecule is O=C(O)[C@H]1[C@H]2CC[C@@H](C2)[C@H]1C(=O)N1CCN(Cc2cccc(F)c2)CC1. The summed E-state index contributed by atoms with van der Waals surface area (Å²) >= 11 is 0. The third kappa shape index (κ3) is 3.22. The Balaban J connectivity index is 1.36. The van der Waals surface area contributed by atoms with Crippen LogP contribution >= 0.6 is 0 Å². The van der Waals surface area contributed by atoms with Crippen LogP contribution in [0.25, 0.3) is 0 Å². The van der Waals surface area contributed by atoms with Crippen LogP contribution in [0.5, 0.6) is 0 Å². The number of carboxylic acids is 1. The molecule has 0 aromatic heterocycles. The molecule has 6 heteroatoms. The molecule has 3 aliphatic rings. The zero-order valence-electron chi connectivity index (χ0n) is 14.8. The van der Waals surface area contributed by atoms with Crippen LogP contribution in [0.3, 0.4) is 0 Å². The van der Waals surface area contributed by atoms with E-state index in [9.17, 15) is 19.1 Å². The molecule has 5 nitrogen and oxygen atoms in total. The summed E-state index contributed by atoms with van der Waals surface area (Å²) in [5.74, 6) is -1.39. The van der Waals surface area contributed by atoms with Crippen LogP contribution in [0.15, 0.2) is 24.3 Å². The molecule has 0 unspecified atom stereocenters. The van der Waals surface area contributed by atoms with Gasteiger partial charge in [0.1, 0.15) is 5.82 Å². The van der Waals surface area contributed by atoms with Crippen molar-refractivity contribution in [2.45, 2.75) is 25.8 Å². The quantitative estimate of drug-likeness (QED) is 0.894. The topological polar surface area (TPSA) is 60.9 Å². The lowest BCUT2D eigenvalue weighted by atomic mass is 9.78. The van der Waals surface area contributed by atoms with Gasteiger partial charge < -0.3 is 10.0 Å². The highest BCUT2D eigenvalue weighted by Gasteiger charge is 2.54. The zero-order chi connectivity index (χ0) is 18.3. The summed E-state index contributed by atoms with van der Waals surface area (Å²) in [6.45, 7) is 3.38.